The average Bonchev–Trinajstić information content (AvgIpc) is 2.85. The van der Waals surface area contributed by atoms with Gasteiger partial charge in [0.2, 0.25) is 0 Å². The van der Waals surface area contributed by atoms with Crippen molar-refractivity contribution < 1.29 is 13.2 Å². The van der Waals surface area contributed by atoms with Gasteiger partial charge in [-0.25, -0.2) is 4.98 Å². The third-order valence-corrected chi connectivity index (χ3v) is 3.68. The number of hydrogen-bond acceptors (Lipinski definition) is 2. The zero-order valence-corrected chi connectivity index (χ0v) is 12.4. The zero-order chi connectivity index (χ0) is 15.8. The van der Waals surface area contributed by atoms with Crippen molar-refractivity contribution in [2.75, 3.05) is 0 Å². The van der Waals surface area contributed by atoms with E-state index in [0.717, 1.165) is 18.0 Å². The van der Waals surface area contributed by atoms with Gasteiger partial charge in [-0.3, -0.25) is 5.10 Å². The molecule has 2 rings (SSSR count). The second-order valence-corrected chi connectivity index (χ2v) is 6.21. The minimum Gasteiger partial charge on any atom is -0.262 e. The molecule has 0 fully saturated rings. The van der Waals surface area contributed by atoms with E-state index in [1.54, 1.807) is 0 Å². The molecule has 2 aromatic rings. The summed E-state index contributed by atoms with van der Waals surface area (Å²) < 4.78 is 37.6. The van der Waals surface area contributed by atoms with Crippen molar-refractivity contribution in [2.45, 2.75) is 39.8 Å². The van der Waals surface area contributed by atoms with E-state index >= 15 is 0 Å². The molecule has 0 aliphatic carbocycles. The van der Waals surface area contributed by atoms with Crippen LogP contribution in [-0.2, 0) is 6.18 Å². The normalized spacial score (nSPS) is 14.2. The van der Waals surface area contributed by atoms with E-state index in [9.17, 15) is 13.2 Å². The SMILES string of the molecule is CC(c1nc(-c2ccc(C(F)(F)F)cc2)n[nH]1)C(C)(C)C. The van der Waals surface area contributed by atoms with Gasteiger partial charge >= 0.3 is 6.18 Å². The van der Waals surface area contributed by atoms with E-state index in [0.29, 0.717) is 11.4 Å². The summed E-state index contributed by atoms with van der Waals surface area (Å²) in [5, 5.41) is 6.97. The molecule has 0 saturated carbocycles. The van der Waals surface area contributed by atoms with E-state index in [1.165, 1.54) is 12.1 Å². The van der Waals surface area contributed by atoms with Gasteiger partial charge in [-0.2, -0.15) is 18.3 Å². The zero-order valence-electron chi connectivity index (χ0n) is 12.4. The molecule has 0 radical (unpaired) electrons. The number of aromatic nitrogens is 3. The minimum absolute atomic E-state index is 0.0247. The van der Waals surface area contributed by atoms with Crippen LogP contribution in [0.2, 0.25) is 0 Å². The van der Waals surface area contributed by atoms with Crippen LogP contribution >= 0.6 is 0 Å². The lowest BCUT2D eigenvalue weighted by Crippen LogP contribution is -2.16. The Balaban J connectivity index is 2.26. The molecule has 1 atom stereocenters. The number of rotatable bonds is 2. The summed E-state index contributed by atoms with van der Waals surface area (Å²) in [4.78, 5) is 4.39. The fourth-order valence-corrected chi connectivity index (χ4v) is 1.82. The second kappa shape index (κ2) is 5.16. The predicted molar refractivity (Wildman–Crippen MR) is 74.7 cm³/mol. The van der Waals surface area contributed by atoms with Gasteiger partial charge in [-0.15, -0.1) is 0 Å². The first-order valence-electron chi connectivity index (χ1n) is 6.69. The van der Waals surface area contributed by atoms with Gasteiger partial charge in [-0.1, -0.05) is 39.8 Å². The van der Waals surface area contributed by atoms with E-state index in [1.807, 2.05) is 6.92 Å². The topological polar surface area (TPSA) is 41.6 Å². The smallest absolute Gasteiger partial charge is 0.262 e. The molecule has 1 unspecified atom stereocenters. The van der Waals surface area contributed by atoms with Gasteiger partial charge < -0.3 is 0 Å². The number of nitrogens with zero attached hydrogens (tertiary/aromatic N) is 2. The number of benzene rings is 1. The average molecular weight is 297 g/mol. The third kappa shape index (κ3) is 3.43. The van der Waals surface area contributed by atoms with Crippen molar-refractivity contribution in [1.29, 1.82) is 0 Å². The minimum atomic E-state index is -4.33. The molecule has 0 aliphatic heterocycles. The number of H-pyrrole nitrogens is 1. The van der Waals surface area contributed by atoms with Crippen LogP contribution in [0, 0.1) is 5.41 Å². The standard InChI is InChI=1S/C15H18F3N3/c1-9(14(2,3)4)12-19-13(21-20-12)10-5-7-11(8-6-10)15(16,17)18/h5-9H,1-4H3,(H,19,20,21). The summed E-state index contributed by atoms with van der Waals surface area (Å²) in [5.74, 6) is 1.31. The summed E-state index contributed by atoms with van der Waals surface area (Å²) in [6.45, 7) is 8.32. The Morgan fingerprint density at radius 1 is 1.05 bits per heavy atom. The van der Waals surface area contributed by atoms with Crippen LogP contribution in [0.1, 0.15) is 45.0 Å². The van der Waals surface area contributed by atoms with Crippen LogP contribution in [-0.4, -0.2) is 15.2 Å². The lowest BCUT2D eigenvalue weighted by Gasteiger charge is -2.24. The Morgan fingerprint density at radius 2 is 1.62 bits per heavy atom. The number of aromatic amines is 1. The monoisotopic (exact) mass is 297 g/mol. The van der Waals surface area contributed by atoms with Crippen molar-refractivity contribution >= 4 is 0 Å². The van der Waals surface area contributed by atoms with Gasteiger partial charge in [0.15, 0.2) is 5.82 Å². The number of halogens is 3. The maximum absolute atomic E-state index is 12.5. The Morgan fingerprint density at radius 3 is 2.10 bits per heavy atom. The van der Waals surface area contributed by atoms with E-state index in [2.05, 4.69) is 36.0 Å². The van der Waals surface area contributed by atoms with Crippen molar-refractivity contribution in [2.24, 2.45) is 5.41 Å². The Kier molecular flexibility index (Phi) is 3.82. The molecule has 0 aliphatic rings. The van der Waals surface area contributed by atoms with Crippen LogP contribution < -0.4 is 0 Å². The molecule has 0 amide bonds. The molecule has 3 nitrogen and oxygen atoms in total. The second-order valence-electron chi connectivity index (χ2n) is 6.21. The molecule has 21 heavy (non-hydrogen) atoms. The maximum Gasteiger partial charge on any atom is 0.416 e. The Hall–Kier alpha value is -1.85. The summed E-state index contributed by atoms with van der Waals surface area (Å²) in [6.07, 6.45) is -4.33. The highest BCUT2D eigenvalue weighted by molar-refractivity contribution is 5.55. The predicted octanol–water partition coefficient (Wildman–Crippen LogP) is 4.64. The van der Waals surface area contributed by atoms with Gasteiger partial charge in [0, 0.05) is 11.5 Å². The van der Waals surface area contributed by atoms with Crippen LogP contribution in [0.4, 0.5) is 13.2 Å². The fourth-order valence-electron chi connectivity index (χ4n) is 1.82. The lowest BCUT2D eigenvalue weighted by atomic mass is 9.82. The van der Waals surface area contributed by atoms with Crippen molar-refractivity contribution in [1.82, 2.24) is 15.2 Å². The Labute approximate surface area is 121 Å². The van der Waals surface area contributed by atoms with Gasteiger partial charge in [0.1, 0.15) is 5.82 Å². The first-order valence-corrected chi connectivity index (χ1v) is 6.69. The molecule has 114 valence electrons. The molecule has 1 aromatic heterocycles. The summed E-state index contributed by atoms with van der Waals surface area (Å²) >= 11 is 0. The van der Waals surface area contributed by atoms with Crippen LogP contribution in [0.15, 0.2) is 24.3 Å². The van der Waals surface area contributed by atoms with E-state index in [-0.39, 0.29) is 11.3 Å². The molecule has 0 spiro atoms. The molecule has 0 bridgehead atoms. The lowest BCUT2D eigenvalue weighted by molar-refractivity contribution is -0.137. The molecule has 0 saturated heterocycles. The fraction of sp³-hybridized carbons (Fsp3) is 0.467. The highest BCUT2D eigenvalue weighted by Gasteiger charge is 2.30. The van der Waals surface area contributed by atoms with Gasteiger partial charge in [0.05, 0.1) is 5.56 Å². The molecular formula is C15H18F3N3. The van der Waals surface area contributed by atoms with Crippen molar-refractivity contribution in [3.05, 3.63) is 35.7 Å². The summed E-state index contributed by atoms with van der Waals surface area (Å²) in [5.41, 5.74) is -0.0894. The third-order valence-electron chi connectivity index (χ3n) is 3.68. The van der Waals surface area contributed by atoms with Crippen molar-refractivity contribution in [3.63, 3.8) is 0 Å². The maximum atomic E-state index is 12.5. The molecule has 1 N–H and O–H groups in total. The van der Waals surface area contributed by atoms with E-state index < -0.39 is 11.7 Å². The highest BCUT2D eigenvalue weighted by atomic mass is 19.4. The number of alkyl halides is 3. The van der Waals surface area contributed by atoms with Crippen molar-refractivity contribution in [3.8, 4) is 11.4 Å². The van der Waals surface area contributed by atoms with Crippen LogP contribution in [0.5, 0.6) is 0 Å². The van der Waals surface area contributed by atoms with Crippen LogP contribution in [0.3, 0.4) is 0 Å². The summed E-state index contributed by atoms with van der Waals surface area (Å²) in [7, 11) is 0. The van der Waals surface area contributed by atoms with Gasteiger partial charge in [-0.05, 0) is 17.5 Å². The molecule has 1 aromatic carbocycles. The first kappa shape index (κ1) is 15.5. The largest absolute Gasteiger partial charge is 0.416 e. The molecule has 6 heteroatoms. The quantitative estimate of drug-likeness (QED) is 0.877. The highest BCUT2D eigenvalue weighted by Crippen LogP contribution is 2.34. The summed E-state index contributed by atoms with van der Waals surface area (Å²) in [6, 6.07) is 4.85. The molecular weight excluding hydrogens is 279 g/mol. The number of nitrogens with one attached hydrogen (secondary N) is 1. The first-order chi connectivity index (χ1) is 9.59. The molecule has 1 heterocycles. The van der Waals surface area contributed by atoms with Gasteiger partial charge in [0.25, 0.3) is 0 Å². The van der Waals surface area contributed by atoms with Crippen LogP contribution in [0.25, 0.3) is 11.4 Å². The van der Waals surface area contributed by atoms with E-state index in [4.69, 9.17) is 0 Å². The number of hydrogen-bond donors (Lipinski definition) is 1. The Bertz CT molecular complexity index is 606.